The van der Waals surface area contributed by atoms with Gasteiger partial charge in [-0.3, -0.25) is 0 Å². The predicted molar refractivity (Wildman–Crippen MR) is 71.5 cm³/mol. The van der Waals surface area contributed by atoms with Gasteiger partial charge in [0.2, 0.25) is 0 Å². The van der Waals surface area contributed by atoms with Crippen LogP contribution >= 0.6 is 0 Å². The number of nitrogens with one attached hydrogen (secondary N) is 1. The highest BCUT2D eigenvalue weighted by Crippen LogP contribution is 2.32. The summed E-state index contributed by atoms with van der Waals surface area (Å²) in [6.07, 6.45) is 2.73. The Morgan fingerprint density at radius 3 is 2.65 bits per heavy atom. The van der Waals surface area contributed by atoms with Crippen LogP contribution in [0, 0.1) is 12.8 Å². The highest BCUT2D eigenvalue weighted by Gasteiger charge is 2.26. The lowest BCUT2D eigenvalue weighted by Gasteiger charge is -2.28. The van der Waals surface area contributed by atoms with Gasteiger partial charge < -0.3 is 10.2 Å². The van der Waals surface area contributed by atoms with Gasteiger partial charge in [0.25, 0.3) is 0 Å². The SMILES string of the molecule is CNc1cc(N(CC2CC2)C(C)C)nc(C)n1. The van der Waals surface area contributed by atoms with Crippen LogP contribution in [-0.2, 0) is 0 Å². The van der Waals surface area contributed by atoms with Crippen LogP contribution < -0.4 is 10.2 Å². The van der Waals surface area contributed by atoms with Gasteiger partial charge in [-0.05, 0) is 39.5 Å². The van der Waals surface area contributed by atoms with Crippen molar-refractivity contribution in [3.05, 3.63) is 11.9 Å². The summed E-state index contributed by atoms with van der Waals surface area (Å²) in [5.74, 6) is 3.64. The highest BCUT2D eigenvalue weighted by molar-refractivity contribution is 5.49. The predicted octanol–water partition coefficient (Wildman–Crippen LogP) is 2.45. The van der Waals surface area contributed by atoms with Crippen LogP contribution in [-0.4, -0.2) is 29.6 Å². The monoisotopic (exact) mass is 234 g/mol. The number of rotatable bonds is 5. The van der Waals surface area contributed by atoms with E-state index in [1.807, 2.05) is 20.0 Å². The van der Waals surface area contributed by atoms with E-state index in [9.17, 15) is 0 Å². The molecular formula is C13H22N4. The van der Waals surface area contributed by atoms with Gasteiger partial charge in [-0.25, -0.2) is 9.97 Å². The number of aryl methyl sites for hydroxylation is 1. The van der Waals surface area contributed by atoms with Crippen molar-refractivity contribution in [2.24, 2.45) is 5.92 Å². The zero-order chi connectivity index (χ0) is 12.4. The second kappa shape index (κ2) is 4.90. The van der Waals surface area contributed by atoms with Crippen molar-refractivity contribution in [2.75, 3.05) is 23.8 Å². The molecule has 2 rings (SSSR count). The van der Waals surface area contributed by atoms with E-state index in [4.69, 9.17) is 0 Å². The van der Waals surface area contributed by atoms with E-state index < -0.39 is 0 Å². The molecule has 1 aromatic heterocycles. The first kappa shape index (κ1) is 12.1. The van der Waals surface area contributed by atoms with Crippen molar-refractivity contribution >= 4 is 11.6 Å². The average Bonchev–Trinajstić information content (AvgIpc) is 3.08. The van der Waals surface area contributed by atoms with Crippen molar-refractivity contribution in [1.82, 2.24) is 9.97 Å². The highest BCUT2D eigenvalue weighted by atomic mass is 15.2. The summed E-state index contributed by atoms with van der Waals surface area (Å²) in [6.45, 7) is 7.51. The molecule has 4 heteroatoms. The summed E-state index contributed by atoms with van der Waals surface area (Å²) in [7, 11) is 1.89. The summed E-state index contributed by atoms with van der Waals surface area (Å²) >= 11 is 0. The molecule has 1 aliphatic carbocycles. The van der Waals surface area contributed by atoms with E-state index in [2.05, 4.69) is 34.0 Å². The van der Waals surface area contributed by atoms with E-state index in [1.54, 1.807) is 0 Å². The fraction of sp³-hybridized carbons (Fsp3) is 0.692. The maximum Gasteiger partial charge on any atom is 0.134 e. The first-order valence-corrected chi connectivity index (χ1v) is 6.40. The lowest BCUT2D eigenvalue weighted by molar-refractivity contribution is 0.635. The summed E-state index contributed by atoms with van der Waals surface area (Å²) in [4.78, 5) is 11.3. The smallest absolute Gasteiger partial charge is 0.134 e. The van der Waals surface area contributed by atoms with Gasteiger partial charge in [0.15, 0.2) is 0 Å². The molecule has 0 aromatic carbocycles. The molecule has 1 aromatic rings. The minimum atomic E-state index is 0.481. The van der Waals surface area contributed by atoms with Crippen LogP contribution in [0.15, 0.2) is 6.07 Å². The van der Waals surface area contributed by atoms with Gasteiger partial charge >= 0.3 is 0 Å². The average molecular weight is 234 g/mol. The fourth-order valence-corrected chi connectivity index (χ4v) is 1.97. The Bertz CT molecular complexity index is 385. The lowest BCUT2D eigenvalue weighted by Crippen LogP contribution is -2.33. The molecule has 0 unspecified atom stereocenters. The number of anilines is 2. The lowest BCUT2D eigenvalue weighted by atomic mass is 10.2. The number of hydrogen-bond donors (Lipinski definition) is 1. The first-order valence-electron chi connectivity index (χ1n) is 6.40. The molecule has 94 valence electrons. The van der Waals surface area contributed by atoms with E-state index in [1.165, 1.54) is 12.8 Å². The summed E-state index contributed by atoms with van der Waals surface area (Å²) < 4.78 is 0. The van der Waals surface area contributed by atoms with Crippen molar-refractivity contribution < 1.29 is 0 Å². The third-order valence-corrected chi connectivity index (χ3v) is 3.15. The molecule has 0 atom stereocenters. The molecule has 1 heterocycles. The maximum atomic E-state index is 4.56. The largest absolute Gasteiger partial charge is 0.373 e. The van der Waals surface area contributed by atoms with Gasteiger partial charge in [-0.15, -0.1) is 0 Å². The van der Waals surface area contributed by atoms with E-state index >= 15 is 0 Å². The molecule has 1 fully saturated rings. The Balaban J connectivity index is 2.23. The first-order chi connectivity index (χ1) is 8.10. The maximum absolute atomic E-state index is 4.56. The minimum Gasteiger partial charge on any atom is -0.373 e. The molecule has 1 N–H and O–H groups in total. The summed E-state index contributed by atoms with van der Waals surface area (Å²) in [5, 5.41) is 3.09. The Kier molecular flexibility index (Phi) is 3.50. The standard InChI is InChI=1S/C13H22N4/c1-9(2)17(8-11-5-6-11)13-7-12(14-4)15-10(3)16-13/h7,9,11H,5-6,8H2,1-4H3,(H,14,15,16). The number of nitrogens with zero attached hydrogens (tertiary/aromatic N) is 3. The van der Waals surface area contributed by atoms with E-state index in [0.29, 0.717) is 6.04 Å². The number of hydrogen-bond acceptors (Lipinski definition) is 4. The molecular weight excluding hydrogens is 212 g/mol. The normalized spacial score (nSPS) is 15.1. The second-order valence-electron chi connectivity index (χ2n) is 5.10. The van der Waals surface area contributed by atoms with Crippen LogP contribution in [0.4, 0.5) is 11.6 Å². The molecule has 0 amide bonds. The third kappa shape index (κ3) is 3.08. The van der Waals surface area contributed by atoms with E-state index in [0.717, 1.165) is 29.9 Å². The molecule has 0 radical (unpaired) electrons. The van der Waals surface area contributed by atoms with Crippen LogP contribution in [0.25, 0.3) is 0 Å². The van der Waals surface area contributed by atoms with Crippen molar-refractivity contribution in [1.29, 1.82) is 0 Å². The minimum absolute atomic E-state index is 0.481. The van der Waals surface area contributed by atoms with Gasteiger partial charge in [-0.2, -0.15) is 0 Å². The molecule has 17 heavy (non-hydrogen) atoms. The quantitative estimate of drug-likeness (QED) is 0.849. The zero-order valence-corrected chi connectivity index (χ0v) is 11.2. The zero-order valence-electron chi connectivity index (χ0n) is 11.2. The third-order valence-electron chi connectivity index (χ3n) is 3.15. The Morgan fingerprint density at radius 2 is 2.12 bits per heavy atom. The van der Waals surface area contributed by atoms with Crippen molar-refractivity contribution in [2.45, 2.75) is 39.7 Å². The second-order valence-corrected chi connectivity index (χ2v) is 5.10. The van der Waals surface area contributed by atoms with Crippen LogP contribution in [0.1, 0.15) is 32.5 Å². The Labute approximate surface area is 103 Å². The van der Waals surface area contributed by atoms with Crippen LogP contribution in [0.2, 0.25) is 0 Å². The van der Waals surface area contributed by atoms with Gasteiger partial charge in [0, 0.05) is 25.7 Å². The fourth-order valence-electron chi connectivity index (χ4n) is 1.97. The van der Waals surface area contributed by atoms with Gasteiger partial charge in [0.1, 0.15) is 17.5 Å². The molecule has 0 saturated heterocycles. The molecule has 0 aliphatic heterocycles. The molecule has 4 nitrogen and oxygen atoms in total. The van der Waals surface area contributed by atoms with Crippen molar-refractivity contribution in [3.63, 3.8) is 0 Å². The molecule has 1 aliphatic rings. The van der Waals surface area contributed by atoms with Crippen LogP contribution in [0.3, 0.4) is 0 Å². The van der Waals surface area contributed by atoms with Crippen LogP contribution in [0.5, 0.6) is 0 Å². The number of aromatic nitrogens is 2. The van der Waals surface area contributed by atoms with Crippen molar-refractivity contribution in [3.8, 4) is 0 Å². The Hall–Kier alpha value is -1.32. The topological polar surface area (TPSA) is 41.0 Å². The summed E-state index contributed by atoms with van der Waals surface area (Å²) in [6, 6.07) is 2.52. The Morgan fingerprint density at radius 1 is 1.41 bits per heavy atom. The van der Waals surface area contributed by atoms with Gasteiger partial charge in [-0.1, -0.05) is 0 Å². The molecule has 1 saturated carbocycles. The van der Waals surface area contributed by atoms with Gasteiger partial charge in [0.05, 0.1) is 0 Å². The molecule has 0 spiro atoms. The molecule has 0 bridgehead atoms. The van der Waals surface area contributed by atoms with E-state index in [-0.39, 0.29) is 0 Å². The summed E-state index contributed by atoms with van der Waals surface area (Å²) in [5.41, 5.74) is 0.